The lowest BCUT2D eigenvalue weighted by Gasteiger charge is -2.14. The van der Waals surface area contributed by atoms with Gasteiger partial charge in [0.15, 0.2) is 0 Å². The molecule has 0 saturated heterocycles. The lowest BCUT2D eigenvalue weighted by Crippen LogP contribution is -2.08. The van der Waals surface area contributed by atoms with Crippen molar-refractivity contribution in [3.05, 3.63) is 38.8 Å². The Balaban J connectivity index is 2.15. The maximum Gasteiger partial charge on any atom is 0.115 e. The minimum atomic E-state index is 0.164. The summed E-state index contributed by atoms with van der Waals surface area (Å²) in [7, 11) is 0. The van der Waals surface area contributed by atoms with Gasteiger partial charge in [0, 0.05) is 15.5 Å². The largest absolute Gasteiger partial charge is 0.397 e. The summed E-state index contributed by atoms with van der Waals surface area (Å²) in [6.45, 7) is 4.08. The highest BCUT2D eigenvalue weighted by Crippen LogP contribution is 2.28. The average molecular weight is 312 g/mol. The summed E-state index contributed by atoms with van der Waals surface area (Å²) in [5, 5.41) is 6.50. The normalized spacial score (nSPS) is 12.4. The van der Waals surface area contributed by atoms with Crippen LogP contribution in [0.25, 0.3) is 0 Å². The predicted octanol–water partition coefficient (Wildman–Crippen LogP) is 3.97. The van der Waals surface area contributed by atoms with Crippen molar-refractivity contribution in [2.75, 3.05) is 11.1 Å². The summed E-state index contributed by atoms with van der Waals surface area (Å²) in [6.07, 6.45) is 0. The summed E-state index contributed by atoms with van der Waals surface area (Å²) in [4.78, 5) is 4.46. The Labute approximate surface area is 113 Å². The fraction of sp³-hybridized carbons (Fsp3) is 0.250. The Kier molecular flexibility index (Phi) is 3.69. The molecule has 90 valence electrons. The molecule has 17 heavy (non-hydrogen) atoms. The number of rotatable bonds is 3. The molecule has 0 saturated carbocycles. The number of hydrogen-bond acceptors (Lipinski definition) is 4. The number of benzene rings is 1. The molecule has 0 amide bonds. The maximum absolute atomic E-state index is 5.94. The monoisotopic (exact) mass is 311 g/mol. The van der Waals surface area contributed by atoms with E-state index < -0.39 is 0 Å². The molecule has 0 aliphatic carbocycles. The Hall–Kier alpha value is -1.07. The summed E-state index contributed by atoms with van der Waals surface area (Å²) in [5.74, 6) is 0. The van der Waals surface area contributed by atoms with Crippen LogP contribution in [0.2, 0.25) is 0 Å². The van der Waals surface area contributed by atoms with Gasteiger partial charge in [0.2, 0.25) is 0 Å². The number of thiazole rings is 1. The van der Waals surface area contributed by atoms with Gasteiger partial charge in [0.1, 0.15) is 5.01 Å². The Morgan fingerprint density at radius 3 is 2.82 bits per heavy atom. The minimum Gasteiger partial charge on any atom is -0.397 e. The van der Waals surface area contributed by atoms with Crippen LogP contribution >= 0.6 is 27.3 Å². The van der Waals surface area contributed by atoms with E-state index in [0.717, 1.165) is 26.5 Å². The van der Waals surface area contributed by atoms with Crippen LogP contribution in [0.15, 0.2) is 28.1 Å². The van der Waals surface area contributed by atoms with Gasteiger partial charge in [-0.15, -0.1) is 11.3 Å². The molecule has 3 N–H and O–H groups in total. The van der Waals surface area contributed by atoms with Gasteiger partial charge in [0.25, 0.3) is 0 Å². The predicted molar refractivity (Wildman–Crippen MR) is 77.4 cm³/mol. The van der Waals surface area contributed by atoms with Gasteiger partial charge >= 0.3 is 0 Å². The van der Waals surface area contributed by atoms with Gasteiger partial charge in [-0.05, 0) is 32.0 Å². The third-order valence-corrected chi connectivity index (χ3v) is 4.03. The Morgan fingerprint density at radius 2 is 2.24 bits per heavy atom. The van der Waals surface area contributed by atoms with Crippen LogP contribution < -0.4 is 11.1 Å². The second-order valence-electron chi connectivity index (χ2n) is 3.92. The van der Waals surface area contributed by atoms with Crippen molar-refractivity contribution < 1.29 is 0 Å². The van der Waals surface area contributed by atoms with Crippen LogP contribution in [0.5, 0.6) is 0 Å². The maximum atomic E-state index is 5.94. The Bertz CT molecular complexity index is 524. The number of nitrogens with zero attached hydrogens (tertiary/aromatic N) is 1. The number of nitrogens with two attached hydrogens (primary N) is 1. The summed E-state index contributed by atoms with van der Waals surface area (Å²) in [6, 6.07) is 5.99. The van der Waals surface area contributed by atoms with Crippen LogP contribution in [-0.4, -0.2) is 4.98 Å². The molecule has 2 rings (SSSR count). The van der Waals surface area contributed by atoms with Crippen LogP contribution in [-0.2, 0) is 0 Å². The number of aromatic nitrogens is 1. The summed E-state index contributed by atoms with van der Waals surface area (Å²) >= 11 is 5.05. The van der Waals surface area contributed by atoms with E-state index in [1.54, 1.807) is 11.3 Å². The molecular formula is C12H14BrN3S. The second kappa shape index (κ2) is 5.06. The molecule has 0 aliphatic heterocycles. The van der Waals surface area contributed by atoms with E-state index in [0.29, 0.717) is 0 Å². The molecule has 1 aromatic carbocycles. The highest BCUT2D eigenvalue weighted by atomic mass is 79.9. The number of aryl methyl sites for hydroxylation is 1. The third-order valence-electron chi connectivity index (χ3n) is 2.39. The molecule has 1 aromatic heterocycles. The zero-order valence-corrected chi connectivity index (χ0v) is 12.1. The van der Waals surface area contributed by atoms with Crippen molar-refractivity contribution in [2.24, 2.45) is 0 Å². The van der Waals surface area contributed by atoms with E-state index in [-0.39, 0.29) is 6.04 Å². The summed E-state index contributed by atoms with van der Waals surface area (Å²) < 4.78 is 0.985. The lowest BCUT2D eigenvalue weighted by molar-refractivity contribution is 0.864. The number of nitrogens with one attached hydrogen (secondary N) is 1. The average Bonchev–Trinajstić information content (AvgIpc) is 2.69. The highest BCUT2D eigenvalue weighted by Gasteiger charge is 2.10. The molecule has 1 heterocycles. The van der Waals surface area contributed by atoms with Crippen molar-refractivity contribution in [1.82, 2.24) is 4.98 Å². The lowest BCUT2D eigenvalue weighted by atomic mass is 10.2. The molecule has 0 bridgehead atoms. The number of anilines is 2. The quantitative estimate of drug-likeness (QED) is 0.843. The standard InChI is InChI=1S/C12H14BrN3S/c1-7-6-17-12(15-7)8(2)16-11-4-3-9(13)5-10(11)14/h3-6,8,16H,14H2,1-2H3. The first-order valence-corrected chi connectivity index (χ1v) is 6.97. The van der Waals surface area contributed by atoms with E-state index in [1.165, 1.54) is 0 Å². The van der Waals surface area contributed by atoms with E-state index in [1.807, 2.05) is 25.1 Å². The van der Waals surface area contributed by atoms with Crippen molar-refractivity contribution in [3.8, 4) is 0 Å². The molecule has 1 unspecified atom stereocenters. The van der Waals surface area contributed by atoms with Gasteiger partial charge in [-0.1, -0.05) is 15.9 Å². The topological polar surface area (TPSA) is 50.9 Å². The van der Waals surface area contributed by atoms with Gasteiger partial charge < -0.3 is 11.1 Å². The van der Waals surface area contributed by atoms with E-state index in [9.17, 15) is 0 Å². The Morgan fingerprint density at radius 1 is 1.47 bits per heavy atom. The zero-order chi connectivity index (χ0) is 12.4. The molecule has 0 spiro atoms. The molecule has 1 atom stereocenters. The molecule has 2 aromatic rings. The molecule has 0 fully saturated rings. The fourth-order valence-corrected chi connectivity index (χ4v) is 2.71. The smallest absolute Gasteiger partial charge is 0.115 e. The van der Waals surface area contributed by atoms with E-state index in [2.05, 4.69) is 38.5 Å². The molecule has 0 aliphatic rings. The third kappa shape index (κ3) is 2.98. The second-order valence-corrected chi connectivity index (χ2v) is 5.73. The van der Waals surface area contributed by atoms with Crippen LogP contribution in [0.1, 0.15) is 23.7 Å². The van der Waals surface area contributed by atoms with E-state index >= 15 is 0 Å². The molecule has 5 heteroatoms. The zero-order valence-electron chi connectivity index (χ0n) is 9.70. The van der Waals surface area contributed by atoms with Crippen molar-refractivity contribution >= 4 is 38.6 Å². The fourth-order valence-electron chi connectivity index (χ4n) is 1.53. The van der Waals surface area contributed by atoms with E-state index in [4.69, 9.17) is 5.73 Å². The van der Waals surface area contributed by atoms with Crippen LogP contribution in [0.4, 0.5) is 11.4 Å². The number of nitrogen functional groups attached to an aromatic ring is 1. The van der Waals surface area contributed by atoms with Crippen molar-refractivity contribution in [1.29, 1.82) is 0 Å². The minimum absolute atomic E-state index is 0.164. The van der Waals surface area contributed by atoms with Crippen molar-refractivity contribution in [2.45, 2.75) is 19.9 Å². The number of halogens is 1. The van der Waals surface area contributed by atoms with Gasteiger partial charge in [-0.2, -0.15) is 0 Å². The van der Waals surface area contributed by atoms with Crippen LogP contribution in [0, 0.1) is 6.92 Å². The SMILES string of the molecule is Cc1csc(C(C)Nc2ccc(Br)cc2N)n1. The van der Waals surface area contributed by atoms with Crippen molar-refractivity contribution in [3.63, 3.8) is 0 Å². The number of hydrogen-bond donors (Lipinski definition) is 2. The van der Waals surface area contributed by atoms with Gasteiger partial charge in [0.05, 0.1) is 17.4 Å². The first-order chi connectivity index (χ1) is 8.06. The first-order valence-electron chi connectivity index (χ1n) is 5.30. The molecule has 0 radical (unpaired) electrons. The molecule has 3 nitrogen and oxygen atoms in total. The first kappa shape index (κ1) is 12.4. The van der Waals surface area contributed by atoms with Crippen LogP contribution in [0.3, 0.4) is 0 Å². The molecular weight excluding hydrogens is 298 g/mol. The summed E-state index contributed by atoms with van der Waals surface area (Å²) in [5.41, 5.74) is 8.68. The highest BCUT2D eigenvalue weighted by molar-refractivity contribution is 9.10. The van der Waals surface area contributed by atoms with Gasteiger partial charge in [-0.25, -0.2) is 4.98 Å². The van der Waals surface area contributed by atoms with Gasteiger partial charge in [-0.3, -0.25) is 0 Å².